The topological polar surface area (TPSA) is 39.7 Å². The van der Waals surface area contributed by atoms with Gasteiger partial charge in [0.15, 0.2) is 0 Å². The van der Waals surface area contributed by atoms with E-state index < -0.39 is 6.67 Å². The number of nitrogens with one attached hydrogen (secondary N) is 1. The number of benzene rings is 2. The summed E-state index contributed by atoms with van der Waals surface area (Å²) < 4.78 is 28.9. The van der Waals surface area contributed by atoms with Crippen molar-refractivity contribution in [3.8, 4) is 17.2 Å². The van der Waals surface area contributed by atoms with Crippen molar-refractivity contribution >= 4 is 0 Å². The summed E-state index contributed by atoms with van der Waals surface area (Å²) in [6.45, 7) is 1.09. The average Bonchev–Trinajstić information content (AvgIpc) is 2.66. The van der Waals surface area contributed by atoms with Crippen LogP contribution in [0.2, 0.25) is 0 Å². The zero-order valence-corrected chi connectivity index (χ0v) is 15.1. The molecule has 4 nitrogen and oxygen atoms in total. The Hall–Kier alpha value is -2.27. The van der Waals surface area contributed by atoms with Crippen LogP contribution < -0.4 is 19.5 Å². The predicted octanol–water partition coefficient (Wildman–Crippen LogP) is 3.56. The molecule has 0 unspecified atom stereocenters. The summed E-state index contributed by atoms with van der Waals surface area (Å²) in [7, 11) is 4.91. The highest BCUT2D eigenvalue weighted by Crippen LogP contribution is 2.29. The van der Waals surface area contributed by atoms with Gasteiger partial charge in [-0.2, -0.15) is 0 Å². The highest BCUT2D eigenvalue weighted by atomic mass is 19.1. The lowest BCUT2D eigenvalue weighted by Gasteiger charge is -2.15. The zero-order valence-electron chi connectivity index (χ0n) is 15.1. The Morgan fingerprint density at radius 1 is 0.800 bits per heavy atom. The van der Waals surface area contributed by atoms with E-state index in [9.17, 15) is 4.39 Å². The Morgan fingerprint density at radius 2 is 1.40 bits per heavy atom. The minimum absolute atomic E-state index is 0.325. The van der Waals surface area contributed by atoms with Crippen LogP contribution in [0.3, 0.4) is 0 Å². The molecule has 0 aromatic heterocycles. The number of rotatable bonds is 10. The van der Waals surface area contributed by atoms with Gasteiger partial charge in [0, 0.05) is 24.1 Å². The Morgan fingerprint density at radius 3 is 2.00 bits per heavy atom. The first-order chi connectivity index (χ1) is 12.2. The van der Waals surface area contributed by atoms with Gasteiger partial charge in [-0.3, -0.25) is 4.39 Å². The molecule has 0 radical (unpaired) electrons. The molecule has 2 aromatic rings. The zero-order chi connectivity index (χ0) is 18.1. The van der Waals surface area contributed by atoms with Gasteiger partial charge in [-0.1, -0.05) is 18.2 Å². The molecule has 0 spiro atoms. The standard InChI is InChI=1S/C20H26FNO3/c1-23-18-7-5-4-6-17(18)14-22-11-9-16-13-19(24-2)15(8-10-21)12-20(16)25-3/h4-7,12-13,22H,8-11,14H2,1-3H3. The van der Waals surface area contributed by atoms with Gasteiger partial charge < -0.3 is 19.5 Å². The second kappa shape index (κ2) is 9.89. The maximum Gasteiger partial charge on any atom is 0.123 e. The maximum atomic E-state index is 12.7. The molecule has 1 N–H and O–H groups in total. The van der Waals surface area contributed by atoms with Crippen LogP contribution in [-0.4, -0.2) is 34.5 Å². The number of methoxy groups -OCH3 is 3. The molecule has 0 aliphatic heterocycles. The molecule has 0 amide bonds. The van der Waals surface area contributed by atoms with Gasteiger partial charge in [0.2, 0.25) is 0 Å². The minimum Gasteiger partial charge on any atom is -0.496 e. The predicted molar refractivity (Wildman–Crippen MR) is 97.6 cm³/mol. The second-order valence-electron chi connectivity index (χ2n) is 5.65. The number of alkyl halides is 1. The molecule has 2 aromatic carbocycles. The van der Waals surface area contributed by atoms with Gasteiger partial charge in [0.05, 0.1) is 28.0 Å². The summed E-state index contributed by atoms with van der Waals surface area (Å²) >= 11 is 0. The first-order valence-corrected chi connectivity index (χ1v) is 8.35. The average molecular weight is 347 g/mol. The smallest absolute Gasteiger partial charge is 0.123 e. The Balaban J connectivity index is 2.00. The number of hydrogen-bond acceptors (Lipinski definition) is 4. The SMILES string of the molecule is COc1cc(CCNCc2ccccc2OC)c(OC)cc1CCF. The van der Waals surface area contributed by atoms with E-state index in [1.54, 1.807) is 21.3 Å². The molecule has 136 valence electrons. The van der Waals surface area contributed by atoms with Crippen molar-refractivity contribution in [1.82, 2.24) is 5.32 Å². The van der Waals surface area contributed by atoms with Gasteiger partial charge in [-0.25, -0.2) is 0 Å². The van der Waals surface area contributed by atoms with Gasteiger partial charge in [0.1, 0.15) is 17.2 Å². The van der Waals surface area contributed by atoms with Crippen LogP contribution in [0.15, 0.2) is 36.4 Å². The van der Waals surface area contributed by atoms with Crippen LogP contribution in [0.5, 0.6) is 17.2 Å². The second-order valence-corrected chi connectivity index (χ2v) is 5.65. The van der Waals surface area contributed by atoms with Gasteiger partial charge in [-0.05, 0) is 36.7 Å². The number of hydrogen-bond donors (Lipinski definition) is 1. The Kier molecular flexibility index (Phi) is 7.54. The van der Waals surface area contributed by atoms with Crippen LogP contribution in [0.25, 0.3) is 0 Å². The Bertz CT molecular complexity index is 676. The minimum atomic E-state index is -0.417. The van der Waals surface area contributed by atoms with Crippen LogP contribution in [0, 0.1) is 0 Å². The number of ether oxygens (including phenoxy) is 3. The summed E-state index contributed by atoms with van der Waals surface area (Å²) in [6.07, 6.45) is 1.11. The monoisotopic (exact) mass is 347 g/mol. The van der Waals surface area contributed by atoms with E-state index >= 15 is 0 Å². The maximum absolute atomic E-state index is 12.7. The van der Waals surface area contributed by atoms with E-state index in [2.05, 4.69) is 5.32 Å². The van der Waals surface area contributed by atoms with Gasteiger partial charge in [-0.15, -0.1) is 0 Å². The number of halogens is 1. The fourth-order valence-electron chi connectivity index (χ4n) is 2.81. The first kappa shape index (κ1) is 19.1. The molecule has 0 atom stereocenters. The molecule has 5 heteroatoms. The molecular formula is C20H26FNO3. The fraction of sp³-hybridized carbons (Fsp3) is 0.400. The summed E-state index contributed by atoms with van der Waals surface area (Å²) in [4.78, 5) is 0. The van der Waals surface area contributed by atoms with Gasteiger partial charge in [0.25, 0.3) is 0 Å². The van der Waals surface area contributed by atoms with E-state index in [4.69, 9.17) is 14.2 Å². The van der Waals surface area contributed by atoms with Crippen molar-refractivity contribution in [2.24, 2.45) is 0 Å². The molecular weight excluding hydrogens is 321 g/mol. The molecule has 0 saturated carbocycles. The summed E-state index contributed by atoms with van der Waals surface area (Å²) in [5.74, 6) is 2.35. The van der Waals surface area contributed by atoms with E-state index in [0.29, 0.717) is 12.2 Å². The molecule has 0 fully saturated rings. The van der Waals surface area contributed by atoms with Crippen molar-refractivity contribution in [2.45, 2.75) is 19.4 Å². The molecule has 25 heavy (non-hydrogen) atoms. The lowest BCUT2D eigenvalue weighted by atomic mass is 10.0. The van der Waals surface area contributed by atoms with E-state index in [0.717, 1.165) is 47.7 Å². The fourth-order valence-corrected chi connectivity index (χ4v) is 2.81. The normalized spacial score (nSPS) is 10.6. The largest absolute Gasteiger partial charge is 0.496 e. The highest BCUT2D eigenvalue weighted by molar-refractivity contribution is 5.47. The molecule has 0 aliphatic carbocycles. The third kappa shape index (κ3) is 5.10. The van der Waals surface area contributed by atoms with Crippen molar-refractivity contribution < 1.29 is 18.6 Å². The summed E-state index contributed by atoms with van der Waals surface area (Å²) in [5.41, 5.74) is 2.98. The summed E-state index contributed by atoms with van der Waals surface area (Å²) in [6, 6.07) is 11.8. The quantitative estimate of drug-likeness (QED) is 0.667. The number of aryl methyl sites for hydroxylation is 1. The number of para-hydroxylation sites is 1. The van der Waals surface area contributed by atoms with E-state index in [1.165, 1.54) is 0 Å². The summed E-state index contributed by atoms with van der Waals surface area (Å²) in [5, 5.41) is 3.42. The van der Waals surface area contributed by atoms with Crippen molar-refractivity contribution in [3.05, 3.63) is 53.1 Å². The van der Waals surface area contributed by atoms with E-state index in [1.807, 2.05) is 36.4 Å². The third-order valence-corrected chi connectivity index (χ3v) is 4.13. The Labute approximate surface area is 148 Å². The lowest BCUT2D eigenvalue weighted by molar-refractivity contribution is 0.390. The van der Waals surface area contributed by atoms with Gasteiger partial charge >= 0.3 is 0 Å². The van der Waals surface area contributed by atoms with Crippen LogP contribution in [0.1, 0.15) is 16.7 Å². The first-order valence-electron chi connectivity index (χ1n) is 8.35. The van der Waals surface area contributed by atoms with E-state index in [-0.39, 0.29) is 0 Å². The van der Waals surface area contributed by atoms with Crippen molar-refractivity contribution in [3.63, 3.8) is 0 Å². The van der Waals surface area contributed by atoms with Crippen molar-refractivity contribution in [2.75, 3.05) is 34.5 Å². The molecule has 0 aliphatic rings. The molecule has 0 heterocycles. The lowest BCUT2D eigenvalue weighted by Crippen LogP contribution is -2.17. The third-order valence-electron chi connectivity index (χ3n) is 4.13. The molecule has 0 saturated heterocycles. The van der Waals surface area contributed by atoms with Crippen LogP contribution in [0.4, 0.5) is 4.39 Å². The highest BCUT2D eigenvalue weighted by Gasteiger charge is 2.11. The van der Waals surface area contributed by atoms with Crippen molar-refractivity contribution in [1.29, 1.82) is 0 Å². The molecule has 0 bridgehead atoms. The molecule has 2 rings (SSSR count). The van der Waals surface area contributed by atoms with Crippen LogP contribution >= 0.6 is 0 Å². The van der Waals surface area contributed by atoms with Crippen LogP contribution in [-0.2, 0) is 19.4 Å².